The number of nitrogens with one attached hydrogen (secondary N) is 2. The van der Waals surface area contributed by atoms with Crippen LogP contribution in [0.4, 0.5) is 11.4 Å². The highest BCUT2D eigenvalue weighted by atomic mass is 32.2. The van der Waals surface area contributed by atoms with Crippen molar-refractivity contribution in [2.45, 2.75) is 24.3 Å². The molecule has 1 saturated heterocycles. The van der Waals surface area contributed by atoms with Gasteiger partial charge in [-0.1, -0.05) is 17.7 Å². The van der Waals surface area contributed by atoms with Gasteiger partial charge in [0, 0.05) is 24.5 Å². The van der Waals surface area contributed by atoms with Crippen molar-refractivity contribution in [3.05, 3.63) is 54.1 Å². The molecule has 1 fully saturated rings. The second-order valence-corrected chi connectivity index (χ2v) is 8.93. The number of hydrogen-bond acceptors (Lipinski definition) is 6. The average molecular weight is 448 g/mol. The van der Waals surface area contributed by atoms with Crippen molar-refractivity contribution in [2.75, 3.05) is 36.5 Å². The van der Waals surface area contributed by atoms with Crippen molar-refractivity contribution in [3.63, 3.8) is 0 Å². The number of carboxylic acids is 1. The molecule has 1 heterocycles. The molecule has 0 unspecified atom stereocenters. The zero-order chi connectivity index (χ0) is 22.4. The van der Waals surface area contributed by atoms with Gasteiger partial charge in [0.05, 0.1) is 24.5 Å². The fraction of sp³-hybridized carbons (Fsp3) is 0.333. The number of ether oxygens (including phenoxy) is 1. The predicted molar refractivity (Wildman–Crippen MR) is 116 cm³/mol. The zero-order valence-electron chi connectivity index (χ0n) is 17.1. The van der Waals surface area contributed by atoms with Gasteiger partial charge in [-0.15, -0.1) is 0 Å². The predicted octanol–water partition coefficient (Wildman–Crippen LogP) is 1.59. The molecular weight excluding hydrogens is 422 g/mol. The first-order valence-electron chi connectivity index (χ1n) is 9.79. The lowest BCUT2D eigenvalue weighted by atomic mass is 10.2. The fourth-order valence-corrected chi connectivity index (χ4v) is 4.34. The molecule has 3 N–H and O–H groups in total. The summed E-state index contributed by atoms with van der Waals surface area (Å²) in [5.41, 5.74) is 2.29. The molecule has 1 aliphatic heterocycles. The van der Waals surface area contributed by atoms with Crippen molar-refractivity contribution in [1.29, 1.82) is 0 Å². The second kappa shape index (κ2) is 9.90. The maximum Gasteiger partial charge on any atom is 0.305 e. The van der Waals surface area contributed by atoms with Crippen molar-refractivity contribution in [2.24, 2.45) is 0 Å². The first-order chi connectivity index (χ1) is 14.7. The van der Waals surface area contributed by atoms with E-state index in [2.05, 4.69) is 14.9 Å². The highest BCUT2D eigenvalue weighted by molar-refractivity contribution is 7.89. The summed E-state index contributed by atoms with van der Waals surface area (Å²) in [5, 5.41) is 11.7. The SMILES string of the molecule is Cc1ccc(S(=O)(=O)N[C@@H](CC(=O)O)C(=O)Nc2ccc(N3CCOCC3)cc2)cc1. The third-order valence-electron chi connectivity index (χ3n) is 4.84. The topological polar surface area (TPSA) is 125 Å². The summed E-state index contributed by atoms with van der Waals surface area (Å²) in [6.45, 7) is 4.65. The van der Waals surface area contributed by atoms with Crippen LogP contribution in [0.1, 0.15) is 12.0 Å². The monoisotopic (exact) mass is 447 g/mol. The first kappa shape index (κ1) is 22.7. The lowest BCUT2D eigenvalue weighted by molar-refractivity contribution is -0.139. The van der Waals surface area contributed by atoms with Crippen LogP contribution in [0, 0.1) is 6.92 Å². The number of morpholine rings is 1. The van der Waals surface area contributed by atoms with Gasteiger partial charge in [0.2, 0.25) is 15.9 Å². The van der Waals surface area contributed by atoms with E-state index in [0.717, 1.165) is 24.3 Å². The summed E-state index contributed by atoms with van der Waals surface area (Å²) in [6, 6.07) is 11.6. The molecule has 0 bridgehead atoms. The third kappa shape index (κ3) is 6.27. The Morgan fingerprint density at radius 1 is 1.06 bits per heavy atom. The minimum atomic E-state index is -4.07. The smallest absolute Gasteiger partial charge is 0.305 e. The van der Waals surface area contributed by atoms with Crippen LogP contribution in [-0.4, -0.2) is 57.7 Å². The van der Waals surface area contributed by atoms with E-state index in [-0.39, 0.29) is 4.90 Å². The molecule has 2 aromatic rings. The maximum absolute atomic E-state index is 12.7. The van der Waals surface area contributed by atoms with E-state index in [0.29, 0.717) is 18.9 Å². The Kier molecular flexibility index (Phi) is 7.26. The van der Waals surface area contributed by atoms with E-state index in [1.165, 1.54) is 12.1 Å². The highest BCUT2D eigenvalue weighted by Crippen LogP contribution is 2.19. The largest absolute Gasteiger partial charge is 0.481 e. The second-order valence-electron chi connectivity index (χ2n) is 7.22. The molecule has 1 amide bonds. The number of carbonyl (C=O) groups excluding carboxylic acids is 1. The van der Waals surface area contributed by atoms with Gasteiger partial charge in [-0.3, -0.25) is 9.59 Å². The summed E-state index contributed by atoms with van der Waals surface area (Å²) in [5.74, 6) is -2.05. The number of rotatable bonds is 8. The van der Waals surface area contributed by atoms with Crippen LogP contribution >= 0.6 is 0 Å². The molecule has 3 rings (SSSR count). The van der Waals surface area contributed by atoms with Crippen LogP contribution in [0.2, 0.25) is 0 Å². The van der Waals surface area contributed by atoms with Crippen LogP contribution in [0.15, 0.2) is 53.4 Å². The van der Waals surface area contributed by atoms with Gasteiger partial charge in [-0.25, -0.2) is 8.42 Å². The molecule has 31 heavy (non-hydrogen) atoms. The number of carbonyl (C=O) groups is 2. The molecule has 0 aliphatic carbocycles. The lowest BCUT2D eigenvalue weighted by Gasteiger charge is -2.29. The number of hydrogen-bond donors (Lipinski definition) is 3. The van der Waals surface area contributed by atoms with E-state index in [4.69, 9.17) is 9.84 Å². The van der Waals surface area contributed by atoms with Crippen molar-refractivity contribution in [1.82, 2.24) is 4.72 Å². The Bertz CT molecular complexity index is 1020. The number of nitrogens with zero attached hydrogens (tertiary/aromatic N) is 1. The van der Waals surface area contributed by atoms with E-state index < -0.39 is 34.4 Å². The van der Waals surface area contributed by atoms with E-state index >= 15 is 0 Å². The Hall–Kier alpha value is -2.95. The highest BCUT2D eigenvalue weighted by Gasteiger charge is 2.28. The molecular formula is C21H25N3O6S. The maximum atomic E-state index is 12.7. The van der Waals surface area contributed by atoms with Gasteiger partial charge in [0.1, 0.15) is 6.04 Å². The lowest BCUT2D eigenvalue weighted by Crippen LogP contribution is -2.45. The first-order valence-corrected chi connectivity index (χ1v) is 11.3. The van der Waals surface area contributed by atoms with E-state index in [1.54, 1.807) is 24.3 Å². The van der Waals surface area contributed by atoms with Crippen molar-refractivity contribution >= 4 is 33.3 Å². The Labute approximate surface area is 181 Å². The summed E-state index contributed by atoms with van der Waals surface area (Å²) in [6.07, 6.45) is -0.692. The van der Waals surface area contributed by atoms with Crippen LogP contribution < -0.4 is 14.9 Å². The quantitative estimate of drug-likeness (QED) is 0.561. The number of aliphatic carboxylic acids is 1. The van der Waals surface area contributed by atoms with Gasteiger partial charge in [-0.05, 0) is 43.3 Å². The number of amides is 1. The number of anilines is 2. The van der Waals surface area contributed by atoms with Gasteiger partial charge in [0.15, 0.2) is 0 Å². The molecule has 0 spiro atoms. The molecule has 1 atom stereocenters. The van der Waals surface area contributed by atoms with Gasteiger partial charge < -0.3 is 20.1 Å². The standard InChI is InChI=1S/C21H25N3O6S/c1-15-2-8-18(9-3-15)31(28,29)23-19(14-20(25)26)21(27)22-16-4-6-17(7-5-16)24-10-12-30-13-11-24/h2-9,19,23H,10-14H2,1H3,(H,22,27)(H,25,26)/t19-/m0/s1. The summed E-state index contributed by atoms with van der Waals surface area (Å²) in [4.78, 5) is 26.0. The molecule has 9 nitrogen and oxygen atoms in total. The summed E-state index contributed by atoms with van der Waals surface area (Å²) >= 11 is 0. The molecule has 0 aromatic heterocycles. The number of carboxylic acid groups (broad SMARTS) is 1. The van der Waals surface area contributed by atoms with Crippen LogP contribution in [-0.2, 0) is 24.3 Å². The van der Waals surface area contributed by atoms with E-state index in [9.17, 15) is 18.0 Å². The van der Waals surface area contributed by atoms with Gasteiger partial charge >= 0.3 is 5.97 Å². The van der Waals surface area contributed by atoms with Crippen molar-refractivity contribution < 1.29 is 27.9 Å². The van der Waals surface area contributed by atoms with Crippen LogP contribution in [0.5, 0.6) is 0 Å². The number of benzene rings is 2. The average Bonchev–Trinajstić information content (AvgIpc) is 2.74. The normalized spacial score (nSPS) is 15.3. The third-order valence-corrected chi connectivity index (χ3v) is 6.32. The zero-order valence-corrected chi connectivity index (χ0v) is 17.9. The molecule has 1 aliphatic rings. The Morgan fingerprint density at radius 2 is 1.68 bits per heavy atom. The molecule has 0 radical (unpaired) electrons. The minimum absolute atomic E-state index is 0.0452. The molecule has 0 saturated carbocycles. The molecule has 166 valence electrons. The molecule has 2 aromatic carbocycles. The van der Waals surface area contributed by atoms with Crippen molar-refractivity contribution in [3.8, 4) is 0 Å². The minimum Gasteiger partial charge on any atom is -0.481 e. The van der Waals surface area contributed by atoms with Crippen LogP contribution in [0.25, 0.3) is 0 Å². The number of sulfonamides is 1. The summed E-state index contributed by atoms with van der Waals surface area (Å²) < 4.78 is 32.8. The van der Waals surface area contributed by atoms with Crippen LogP contribution in [0.3, 0.4) is 0 Å². The fourth-order valence-electron chi connectivity index (χ4n) is 3.14. The van der Waals surface area contributed by atoms with Gasteiger partial charge in [-0.2, -0.15) is 4.72 Å². The number of aryl methyl sites for hydroxylation is 1. The summed E-state index contributed by atoms with van der Waals surface area (Å²) in [7, 11) is -4.07. The van der Waals surface area contributed by atoms with E-state index in [1.807, 2.05) is 19.1 Å². The Morgan fingerprint density at radius 3 is 2.26 bits per heavy atom. The van der Waals surface area contributed by atoms with Gasteiger partial charge in [0.25, 0.3) is 0 Å². The molecule has 10 heteroatoms. The Balaban J connectivity index is 1.70.